The van der Waals surface area contributed by atoms with Crippen LogP contribution in [0.3, 0.4) is 0 Å². The van der Waals surface area contributed by atoms with Crippen molar-refractivity contribution in [3.05, 3.63) is 46.8 Å². The van der Waals surface area contributed by atoms with E-state index in [1.165, 1.54) is 5.56 Å². The minimum atomic E-state index is 0.805. The van der Waals surface area contributed by atoms with Gasteiger partial charge >= 0.3 is 0 Å². The second-order valence-electron chi connectivity index (χ2n) is 5.06. The Morgan fingerprint density at radius 1 is 1.04 bits per heavy atom. The van der Waals surface area contributed by atoms with Crippen LogP contribution in [0.5, 0.6) is 5.75 Å². The molecule has 8 heteroatoms. The molecule has 3 rings (SSSR count). The molecule has 1 aromatic carbocycles. The highest BCUT2D eigenvalue weighted by molar-refractivity contribution is 8.02. The van der Waals surface area contributed by atoms with Crippen molar-refractivity contribution < 1.29 is 9.26 Å². The molecule has 24 heavy (non-hydrogen) atoms. The van der Waals surface area contributed by atoms with Crippen LogP contribution in [0.15, 0.2) is 37.5 Å². The van der Waals surface area contributed by atoms with Gasteiger partial charge in [-0.3, -0.25) is 0 Å². The second kappa shape index (κ2) is 8.04. The highest BCUT2D eigenvalue weighted by atomic mass is 32.2. The fraction of sp³-hybridized carbons (Fsp3) is 0.312. The van der Waals surface area contributed by atoms with Crippen LogP contribution in [0.25, 0.3) is 0 Å². The molecular weight excluding hydrogens is 362 g/mol. The zero-order valence-corrected chi connectivity index (χ0v) is 16.1. The smallest absolute Gasteiger partial charge is 0.175 e. The minimum absolute atomic E-state index is 0.805. The fourth-order valence-corrected chi connectivity index (χ4v) is 5.15. The van der Waals surface area contributed by atoms with E-state index in [4.69, 9.17) is 9.26 Å². The van der Waals surface area contributed by atoms with Crippen molar-refractivity contribution in [1.82, 2.24) is 15.4 Å². The van der Waals surface area contributed by atoms with Gasteiger partial charge in [-0.05, 0) is 31.5 Å². The number of hydrogen-bond acceptors (Lipinski definition) is 8. The summed E-state index contributed by atoms with van der Waals surface area (Å²) in [5, 5.41) is 12.5. The molecule has 0 aliphatic heterocycles. The van der Waals surface area contributed by atoms with Gasteiger partial charge in [-0.1, -0.05) is 52.1 Å². The van der Waals surface area contributed by atoms with Gasteiger partial charge < -0.3 is 9.26 Å². The standard InChI is InChI=1S/C16H17N3O2S3/c1-10-14(11(2)21-19-10)9-23-16-18-17-15(24-16)22-8-12-4-6-13(20-3)7-5-12/h4-7H,8-9H2,1-3H3. The zero-order valence-electron chi connectivity index (χ0n) is 13.6. The van der Waals surface area contributed by atoms with Crippen molar-refractivity contribution in [2.75, 3.05) is 7.11 Å². The zero-order chi connectivity index (χ0) is 16.9. The summed E-state index contributed by atoms with van der Waals surface area (Å²) in [6.45, 7) is 3.90. The lowest BCUT2D eigenvalue weighted by molar-refractivity contribution is 0.392. The van der Waals surface area contributed by atoms with Crippen molar-refractivity contribution >= 4 is 34.9 Å². The molecule has 0 amide bonds. The van der Waals surface area contributed by atoms with Gasteiger partial charge in [0, 0.05) is 17.1 Å². The Bertz CT molecular complexity index is 780. The predicted octanol–water partition coefficient (Wildman–Crippen LogP) is 4.74. The first kappa shape index (κ1) is 17.3. The van der Waals surface area contributed by atoms with E-state index in [-0.39, 0.29) is 0 Å². The van der Waals surface area contributed by atoms with Crippen LogP contribution < -0.4 is 4.74 Å². The lowest BCUT2D eigenvalue weighted by atomic mass is 10.2. The molecule has 0 atom stereocenters. The average molecular weight is 380 g/mol. The van der Waals surface area contributed by atoms with Crippen molar-refractivity contribution in [2.24, 2.45) is 0 Å². The number of aryl methyl sites for hydroxylation is 2. The molecule has 2 aromatic heterocycles. The number of hydrogen-bond donors (Lipinski definition) is 0. The molecule has 3 aromatic rings. The van der Waals surface area contributed by atoms with Gasteiger partial charge in [-0.15, -0.1) is 10.2 Å². The van der Waals surface area contributed by atoms with Crippen molar-refractivity contribution in [3.8, 4) is 5.75 Å². The van der Waals surface area contributed by atoms with Gasteiger partial charge in [0.15, 0.2) is 8.68 Å². The first-order chi connectivity index (χ1) is 11.7. The number of methoxy groups -OCH3 is 1. The third-order valence-electron chi connectivity index (χ3n) is 3.43. The van der Waals surface area contributed by atoms with Crippen LogP contribution in [0, 0.1) is 13.8 Å². The Balaban J connectivity index is 1.53. The number of thioether (sulfide) groups is 2. The van der Waals surface area contributed by atoms with Crippen molar-refractivity contribution in [2.45, 2.75) is 34.0 Å². The van der Waals surface area contributed by atoms with Crippen LogP contribution in [0.2, 0.25) is 0 Å². The molecule has 5 nitrogen and oxygen atoms in total. The molecule has 0 aliphatic carbocycles. The topological polar surface area (TPSA) is 61.0 Å². The van der Waals surface area contributed by atoms with E-state index in [9.17, 15) is 0 Å². The number of benzene rings is 1. The van der Waals surface area contributed by atoms with Crippen molar-refractivity contribution in [3.63, 3.8) is 0 Å². The van der Waals surface area contributed by atoms with E-state index >= 15 is 0 Å². The third kappa shape index (κ3) is 4.31. The number of ether oxygens (including phenoxy) is 1. The Morgan fingerprint density at radius 2 is 1.71 bits per heavy atom. The SMILES string of the molecule is COc1ccc(CSc2nnc(SCc3c(C)noc3C)s2)cc1. The summed E-state index contributed by atoms with van der Waals surface area (Å²) in [7, 11) is 1.67. The Labute approximate surface area is 153 Å². The molecule has 0 N–H and O–H groups in total. The van der Waals surface area contributed by atoms with Crippen LogP contribution in [0.4, 0.5) is 0 Å². The summed E-state index contributed by atoms with van der Waals surface area (Å²) >= 11 is 4.99. The molecule has 0 aliphatic rings. The van der Waals surface area contributed by atoms with Gasteiger partial charge in [-0.2, -0.15) is 0 Å². The predicted molar refractivity (Wildman–Crippen MR) is 98.0 cm³/mol. The van der Waals surface area contributed by atoms with E-state index in [1.54, 1.807) is 42.0 Å². The maximum absolute atomic E-state index is 5.18. The highest BCUT2D eigenvalue weighted by Crippen LogP contribution is 2.33. The van der Waals surface area contributed by atoms with E-state index in [0.717, 1.165) is 43.0 Å². The molecule has 0 spiro atoms. The molecule has 2 heterocycles. The second-order valence-corrected chi connectivity index (χ2v) is 8.48. The summed E-state index contributed by atoms with van der Waals surface area (Å²) in [5.74, 6) is 3.42. The highest BCUT2D eigenvalue weighted by Gasteiger charge is 2.12. The summed E-state index contributed by atoms with van der Waals surface area (Å²) in [4.78, 5) is 0. The molecule has 126 valence electrons. The normalized spacial score (nSPS) is 11.0. The largest absolute Gasteiger partial charge is 0.497 e. The molecule has 0 fully saturated rings. The van der Waals surface area contributed by atoms with E-state index in [1.807, 2.05) is 26.0 Å². The summed E-state index contributed by atoms with van der Waals surface area (Å²) in [6.07, 6.45) is 0. The number of rotatable bonds is 7. The Kier molecular flexibility index (Phi) is 5.80. The van der Waals surface area contributed by atoms with Gasteiger partial charge in [0.25, 0.3) is 0 Å². The van der Waals surface area contributed by atoms with Crippen LogP contribution in [0.1, 0.15) is 22.6 Å². The molecule has 0 unspecified atom stereocenters. The Hall–Kier alpha value is -1.51. The van der Waals surface area contributed by atoms with Crippen LogP contribution in [-0.2, 0) is 11.5 Å². The quantitative estimate of drug-likeness (QED) is 0.550. The monoisotopic (exact) mass is 379 g/mol. The van der Waals surface area contributed by atoms with Crippen LogP contribution in [-0.4, -0.2) is 22.5 Å². The fourth-order valence-electron chi connectivity index (χ4n) is 2.02. The van der Waals surface area contributed by atoms with Crippen LogP contribution >= 0.6 is 34.9 Å². The van der Waals surface area contributed by atoms with Gasteiger partial charge in [0.05, 0.1) is 12.8 Å². The maximum Gasteiger partial charge on any atom is 0.175 e. The van der Waals surface area contributed by atoms with E-state index in [0.29, 0.717) is 0 Å². The van der Waals surface area contributed by atoms with E-state index in [2.05, 4.69) is 27.5 Å². The van der Waals surface area contributed by atoms with Gasteiger partial charge in [-0.25, -0.2) is 0 Å². The van der Waals surface area contributed by atoms with Gasteiger partial charge in [0.2, 0.25) is 0 Å². The number of nitrogens with zero attached hydrogens (tertiary/aromatic N) is 3. The lowest BCUT2D eigenvalue weighted by Crippen LogP contribution is -1.84. The molecule has 0 radical (unpaired) electrons. The van der Waals surface area contributed by atoms with Crippen molar-refractivity contribution in [1.29, 1.82) is 0 Å². The minimum Gasteiger partial charge on any atom is -0.497 e. The summed E-state index contributed by atoms with van der Waals surface area (Å²) < 4.78 is 12.3. The molecule has 0 saturated heterocycles. The first-order valence-electron chi connectivity index (χ1n) is 7.29. The molecule has 0 bridgehead atoms. The third-order valence-corrected chi connectivity index (χ3v) is 6.72. The Morgan fingerprint density at radius 3 is 2.29 bits per heavy atom. The average Bonchev–Trinajstić information content (AvgIpc) is 3.18. The van der Waals surface area contributed by atoms with Gasteiger partial charge in [0.1, 0.15) is 11.5 Å². The maximum atomic E-state index is 5.18. The summed E-state index contributed by atoms with van der Waals surface area (Å²) in [6, 6.07) is 8.09. The molecule has 0 saturated carbocycles. The summed E-state index contributed by atoms with van der Waals surface area (Å²) in [5.41, 5.74) is 3.32. The lowest BCUT2D eigenvalue weighted by Gasteiger charge is -2.01. The molecular formula is C16H17N3O2S3. The first-order valence-corrected chi connectivity index (χ1v) is 10.1. The van der Waals surface area contributed by atoms with E-state index < -0.39 is 0 Å². The number of aromatic nitrogens is 3.